The molecule has 0 saturated heterocycles. The maximum atomic E-state index is 12.8. The lowest BCUT2D eigenvalue weighted by molar-refractivity contribution is -0.147. The Morgan fingerprint density at radius 1 is 1.17 bits per heavy atom. The maximum absolute atomic E-state index is 12.8. The summed E-state index contributed by atoms with van der Waals surface area (Å²) >= 11 is 0. The lowest BCUT2D eigenvalue weighted by atomic mass is 9.99. The number of nitrogens with one attached hydrogen (secondary N) is 3. The van der Waals surface area contributed by atoms with E-state index in [-0.39, 0.29) is 12.5 Å². The molecule has 1 aromatic rings. The Bertz CT molecular complexity index is 754. The number of hydrogen-bond acceptors (Lipinski definition) is 7. The molecule has 166 valence electrons. The summed E-state index contributed by atoms with van der Waals surface area (Å²) in [7, 11) is 4.54. The number of hydrogen-bond donors (Lipinski definition) is 3. The smallest absolute Gasteiger partial charge is 0.330 e. The molecule has 0 fully saturated rings. The molecule has 0 saturated carbocycles. The van der Waals surface area contributed by atoms with Gasteiger partial charge in [-0.05, 0) is 50.4 Å². The summed E-state index contributed by atoms with van der Waals surface area (Å²) in [6, 6.07) is 3.18. The molecule has 30 heavy (non-hydrogen) atoms. The predicted molar refractivity (Wildman–Crippen MR) is 110 cm³/mol. The van der Waals surface area contributed by atoms with Gasteiger partial charge in [-0.15, -0.1) is 0 Å². The fourth-order valence-corrected chi connectivity index (χ4v) is 3.31. The van der Waals surface area contributed by atoms with Crippen LogP contribution in [-0.4, -0.2) is 64.3 Å². The van der Waals surface area contributed by atoms with Crippen molar-refractivity contribution in [1.29, 1.82) is 0 Å². The number of amides is 2. The lowest BCUT2D eigenvalue weighted by Gasteiger charge is -2.23. The zero-order valence-electron chi connectivity index (χ0n) is 17.9. The molecule has 0 spiro atoms. The lowest BCUT2D eigenvalue weighted by Crippen LogP contribution is -2.53. The quantitative estimate of drug-likeness (QED) is 0.608. The normalized spacial score (nSPS) is 23.8. The van der Waals surface area contributed by atoms with Gasteiger partial charge in [0.15, 0.2) is 6.04 Å². The SMILES string of the molecule is CN[C@@H]1C(=O)N[C@@H](C)C(=O)N[C@H](C(=O)OC)COCCCCc2cc1ccc2OC. The zero-order valence-corrected chi connectivity index (χ0v) is 17.9. The third-order valence-corrected chi connectivity index (χ3v) is 5.01. The Labute approximate surface area is 176 Å². The third-order valence-electron chi connectivity index (χ3n) is 5.01. The molecule has 3 N–H and O–H groups in total. The van der Waals surface area contributed by atoms with E-state index in [0.717, 1.165) is 36.1 Å². The second-order valence-corrected chi connectivity index (χ2v) is 7.14. The molecule has 0 aliphatic carbocycles. The van der Waals surface area contributed by atoms with Crippen molar-refractivity contribution in [3.8, 4) is 5.75 Å². The number of carbonyl (C=O) groups excluding carboxylic acids is 3. The highest BCUT2D eigenvalue weighted by atomic mass is 16.5. The number of ether oxygens (including phenoxy) is 3. The van der Waals surface area contributed by atoms with Crippen molar-refractivity contribution in [1.82, 2.24) is 16.0 Å². The number of methoxy groups -OCH3 is 2. The summed E-state index contributed by atoms with van der Waals surface area (Å²) < 4.78 is 15.8. The minimum absolute atomic E-state index is 0.00295. The van der Waals surface area contributed by atoms with E-state index in [1.54, 1.807) is 21.1 Å². The number of benzene rings is 1. The van der Waals surface area contributed by atoms with E-state index in [2.05, 4.69) is 16.0 Å². The molecule has 1 aliphatic heterocycles. The second-order valence-electron chi connectivity index (χ2n) is 7.14. The first kappa shape index (κ1) is 23.6. The van der Waals surface area contributed by atoms with Crippen molar-refractivity contribution < 1.29 is 28.6 Å². The number of rotatable bonds is 3. The molecular formula is C21H31N3O6. The van der Waals surface area contributed by atoms with Gasteiger partial charge in [0, 0.05) is 6.61 Å². The second kappa shape index (κ2) is 11.5. The van der Waals surface area contributed by atoms with E-state index in [4.69, 9.17) is 14.2 Å². The van der Waals surface area contributed by atoms with E-state index in [1.165, 1.54) is 7.11 Å². The Hall–Kier alpha value is -2.65. The number of likely N-dealkylation sites (N-methyl/N-ethyl adjacent to an activating group) is 1. The molecule has 0 unspecified atom stereocenters. The molecule has 9 nitrogen and oxygen atoms in total. The number of carbonyl (C=O) groups is 3. The standard InChI is InChI=1S/C21H31N3O6/c1-13-19(25)24-16(21(27)29-4)12-30-10-6-5-7-14-11-15(8-9-17(14)28-3)18(22-2)20(26)23-13/h8-9,11,13,16,18,22H,5-7,10,12H2,1-4H3,(H,23,26)(H,24,25)/t13-,16-,18-/m0/s1. The summed E-state index contributed by atoms with van der Waals surface area (Å²) in [5, 5.41) is 8.27. The Kier molecular flexibility index (Phi) is 9.07. The molecule has 2 rings (SSSR count). The fourth-order valence-electron chi connectivity index (χ4n) is 3.31. The number of fused-ring (bicyclic) bond motifs is 2. The number of aryl methyl sites for hydroxylation is 1. The van der Waals surface area contributed by atoms with Crippen molar-refractivity contribution in [3.05, 3.63) is 29.3 Å². The van der Waals surface area contributed by atoms with E-state index in [1.807, 2.05) is 18.2 Å². The van der Waals surface area contributed by atoms with E-state index in [9.17, 15) is 14.4 Å². The molecule has 1 aliphatic rings. The Morgan fingerprint density at radius 3 is 2.60 bits per heavy atom. The van der Waals surface area contributed by atoms with Gasteiger partial charge in [0.05, 0.1) is 20.8 Å². The largest absolute Gasteiger partial charge is 0.496 e. The van der Waals surface area contributed by atoms with Crippen LogP contribution in [0.5, 0.6) is 5.75 Å². The van der Waals surface area contributed by atoms with Crippen LogP contribution < -0.4 is 20.7 Å². The topological polar surface area (TPSA) is 115 Å². The van der Waals surface area contributed by atoms with Gasteiger partial charge < -0.3 is 30.2 Å². The van der Waals surface area contributed by atoms with Crippen LogP contribution in [0.2, 0.25) is 0 Å². The monoisotopic (exact) mass is 421 g/mol. The van der Waals surface area contributed by atoms with E-state index < -0.39 is 30.0 Å². The summed E-state index contributed by atoms with van der Waals surface area (Å²) in [5.74, 6) is -0.695. The Morgan fingerprint density at radius 2 is 1.93 bits per heavy atom. The van der Waals surface area contributed by atoms with Crippen LogP contribution in [0, 0.1) is 0 Å². The summed E-state index contributed by atoms with van der Waals surface area (Å²) in [5.41, 5.74) is 1.77. The van der Waals surface area contributed by atoms with Crippen LogP contribution in [0.15, 0.2) is 18.2 Å². The van der Waals surface area contributed by atoms with Gasteiger partial charge in [-0.1, -0.05) is 12.1 Å². The first-order chi connectivity index (χ1) is 14.4. The molecule has 0 aromatic heterocycles. The van der Waals surface area contributed by atoms with Crippen molar-refractivity contribution in [3.63, 3.8) is 0 Å². The van der Waals surface area contributed by atoms with Crippen molar-refractivity contribution in [2.45, 2.75) is 44.3 Å². The number of esters is 1. The van der Waals surface area contributed by atoms with Crippen molar-refractivity contribution in [2.24, 2.45) is 0 Å². The van der Waals surface area contributed by atoms with Crippen molar-refractivity contribution in [2.75, 3.05) is 34.5 Å². The first-order valence-electron chi connectivity index (χ1n) is 10.0. The van der Waals surface area contributed by atoms with Gasteiger partial charge in [0.1, 0.15) is 17.8 Å². The molecule has 1 aromatic carbocycles. The average Bonchev–Trinajstić information content (AvgIpc) is 2.74. The predicted octanol–water partition coefficient (Wildman–Crippen LogP) is 0.471. The first-order valence-corrected chi connectivity index (χ1v) is 10.0. The summed E-state index contributed by atoms with van der Waals surface area (Å²) in [6.45, 7) is 1.99. The van der Waals surface area contributed by atoms with Crippen LogP contribution in [0.3, 0.4) is 0 Å². The maximum Gasteiger partial charge on any atom is 0.330 e. The van der Waals surface area contributed by atoms with Crippen LogP contribution in [0.4, 0.5) is 0 Å². The van der Waals surface area contributed by atoms with Crippen LogP contribution in [0.25, 0.3) is 0 Å². The van der Waals surface area contributed by atoms with Gasteiger partial charge in [0.2, 0.25) is 11.8 Å². The highest BCUT2D eigenvalue weighted by molar-refractivity contribution is 5.92. The summed E-state index contributed by atoms with van der Waals surface area (Å²) in [4.78, 5) is 37.3. The Balaban J connectivity index is 2.29. The molecule has 2 amide bonds. The molecule has 2 bridgehead atoms. The zero-order chi connectivity index (χ0) is 22.1. The highest BCUT2D eigenvalue weighted by Gasteiger charge is 2.28. The van der Waals surface area contributed by atoms with Gasteiger partial charge in [0.25, 0.3) is 0 Å². The fraction of sp³-hybridized carbons (Fsp3) is 0.571. The third kappa shape index (κ3) is 6.17. The molecule has 3 atom stereocenters. The minimum atomic E-state index is -0.942. The van der Waals surface area contributed by atoms with Crippen molar-refractivity contribution >= 4 is 17.8 Å². The van der Waals surface area contributed by atoms with Gasteiger partial charge in [-0.25, -0.2) is 4.79 Å². The minimum Gasteiger partial charge on any atom is -0.496 e. The molecule has 0 radical (unpaired) electrons. The van der Waals surface area contributed by atoms with Gasteiger partial charge >= 0.3 is 5.97 Å². The van der Waals surface area contributed by atoms with Crippen LogP contribution in [-0.2, 0) is 30.3 Å². The summed E-state index contributed by atoms with van der Waals surface area (Å²) in [6.07, 6.45) is 2.36. The average molecular weight is 421 g/mol. The van der Waals surface area contributed by atoms with Gasteiger partial charge in [-0.3, -0.25) is 9.59 Å². The molecular weight excluding hydrogens is 390 g/mol. The molecule has 9 heteroatoms. The van der Waals surface area contributed by atoms with Crippen LogP contribution >= 0.6 is 0 Å². The van der Waals surface area contributed by atoms with E-state index >= 15 is 0 Å². The van der Waals surface area contributed by atoms with Crippen LogP contribution in [0.1, 0.15) is 36.9 Å². The highest BCUT2D eigenvalue weighted by Crippen LogP contribution is 2.25. The van der Waals surface area contributed by atoms with Gasteiger partial charge in [-0.2, -0.15) is 0 Å². The van der Waals surface area contributed by atoms with E-state index in [0.29, 0.717) is 6.61 Å². The molecule has 1 heterocycles.